The molecule has 132 valence electrons. The van der Waals surface area contributed by atoms with Crippen LogP contribution in [0.2, 0.25) is 0 Å². The Hall–Kier alpha value is -2.28. The fourth-order valence-electron chi connectivity index (χ4n) is 4.03. The summed E-state index contributed by atoms with van der Waals surface area (Å²) in [7, 11) is 0. The zero-order valence-corrected chi connectivity index (χ0v) is 14.3. The van der Waals surface area contributed by atoms with Crippen molar-refractivity contribution in [3.8, 4) is 0 Å². The van der Waals surface area contributed by atoms with Crippen molar-refractivity contribution >= 4 is 5.91 Å². The molecule has 1 amide bonds. The Morgan fingerprint density at radius 3 is 2.68 bits per heavy atom. The van der Waals surface area contributed by atoms with E-state index >= 15 is 0 Å². The molecule has 1 saturated heterocycles. The Morgan fingerprint density at radius 2 is 1.96 bits per heavy atom. The van der Waals surface area contributed by atoms with E-state index in [1.807, 2.05) is 23.1 Å². The van der Waals surface area contributed by atoms with Crippen LogP contribution in [0, 0.1) is 0 Å². The zero-order valence-electron chi connectivity index (χ0n) is 14.3. The molecular weight excluding hydrogens is 318 g/mol. The van der Waals surface area contributed by atoms with Crippen molar-refractivity contribution in [1.29, 1.82) is 0 Å². The molecule has 7 heteroatoms. The fraction of sp³-hybridized carbons (Fsp3) is 0.556. The molecule has 1 aromatic heterocycles. The Morgan fingerprint density at radius 1 is 1.16 bits per heavy atom. The molecule has 1 aliphatic carbocycles. The van der Waals surface area contributed by atoms with Crippen molar-refractivity contribution < 1.29 is 9.53 Å². The Bertz CT molecular complexity index is 698. The van der Waals surface area contributed by atoms with E-state index in [4.69, 9.17) is 4.74 Å². The molecule has 1 unspecified atom stereocenters. The quantitative estimate of drug-likeness (QED) is 0.853. The van der Waals surface area contributed by atoms with Gasteiger partial charge < -0.3 is 9.64 Å². The second-order valence-corrected chi connectivity index (χ2v) is 6.87. The van der Waals surface area contributed by atoms with Gasteiger partial charge in [-0.05, 0) is 28.8 Å². The maximum absolute atomic E-state index is 13.5. The predicted octanol–water partition coefficient (Wildman–Crippen LogP) is 1.93. The van der Waals surface area contributed by atoms with Crippen molar-refractivity contribution in [3.63, 3.8) is 0 Å². The van der Waals surface area contributed by atoms with Crippen LogP contribution in [0.15, 0.2) is 36.7 Å². The lowest BCUT2D eigenvalue weighted by Gasteiger charge is -2.42. The van der Waals surface area contributed by atoms with Gasteiger partial charge in [0.2, 0.25) is 0 Å². The van der Waals surface area contributed by atoms with Crippen LogP contribution < -0.4 is 0 Å². The second-order valence-electron chi connectivity index (χ2n) is 6.87. The Balaban J connectivity index is 1.58. The summed E-state index contributed by atoms with van der Waals surface area (Å²) in [5, 5.41) is 11.6. The molecule has 2 aliphatic rings. The lowest BCUT2D eigenvalue weighted by Crippen LogP contribution is -2.55. The zero-order chi connectivity index (χ0) is 17.1. The number of amides is 1. The number of carbonyl (C=O) groups is 1. The summed E-state index contributed by atoms with van der Waals surface area (Å²) in [6.07, 6.45) is 6.31. The largest absolute Gasteiger partial charge is 0.370 e. The number of benzene rings is 1. The maximum Gasteiger partial charge on any atom is 0.250 e. The van der Waals surface area contributed by atoms with Gasteiger partial charge in [0.05, 0.1) is 13.2 Å². The molecule has 0 spiro atoms. The first-order chi connectivity index (χ1) is 12.3. The van der Waals surface area contributed by atoms with E-state index in [-0.39, 0.29) is 12.0 Å². The van der Waals surface area contributed by atoms with Crippen molar-refractivity contribution in [1.82, 2.24) is 25.1 Å². The third-order valence-corrected chi connectivity index (χ3v) is 5.39. The number of aromatic nitrogens is 4. The highest BCUT2D eigenvalue weighted by molar-refractivity contribution is 5.84. The summed E-state index contributed by atoms with van der Waals surface area (Å²) in [5.74, 6) is 0.128. The van der Waals surface area contributed by atoms with E-state index < -0.39 is 5.54 Å². The van der Waals surface area contributed by atoms with Crippen LogP contribution in [0.5, 0.6) is 0 Å². The van der Waals surface area contributed by atoms with Gasteiger partial charge in [0, 0.05) is 6.54 Å². The highest BCUT2D eigenvalue weighted by Crippen LogP contribution is 2.37. The third-order valence-electron chi connectivity index (χ3n) is 5.39. The Labute approximate surface area is 147 Å². The Kier molecular flexibility index (Phi) is 4.48. The molecule has 0 N–H and O–H groups in total. The van der Waals surface area contributed by atoms with Crippen LogP contribution in [0.4, 0.5) is 0 Å². The van der Waals surface area contributed by atoms with E-state index in [9.17, 15) is 4.79 Å². The fourth-order valence-corrected chi connectivity index (χ4v) is 4.03. The van der Waals surface area contributed by atoms with Gasteiger partial charge in [0.1, 0.15) is 18.0 Å². The van der Waals surface area contributed by atoms with E-state index in [2.05, 4.69) is 27.7 Å². The van der Waals surface area contributed by atoms with Crippen molar-refractivity contribution in [2.24, 2.45) is 0 Å². The average Bonchev–Trinajstić information content (AvgIpc) is 3.24. The summed E-state index contributed by atoms with van der Waals surface area (Å²) in [4.78, 5) is 15.4. The molecular formula is C18H23N5O2. The van der Waals surface area contributed by atoms with Crippen LogP contribution in [0.3, 0.4) is 0 Å². The SMILES string of the molecule is O=C(N1CCOC(c2ccccc2)C1)C1(n2cnnn2)CCCCC1. The number of nitrogens with zero attached hydrogens (tertiary/aromatic N) is 5. The summed E-state index contributed by atoms with van der Waals surface area (Å²) < 4.78 is 7.60. The predicted molar refractivity (Wildman–Crippen MR) is 90.6 cm³/mol. The smallest absolute Gasteiger partial charge is 0.250 e. The molecule has 0 radical (unpaired) electrons. The summed E-state index contributed by atoms with van der Waals surface area (Å²) in [6, 6.07) is 10.1. The summed E-state index contributed by atoms with van der Waals surface area (Å²) in [6.45, 7) is 1.75. The normalized spacial score (nSPS) is 23.4. The summed E-state index contributed by atoms with van der Waals surface area (Å²) in [5.41, 5.74) is 0.473. The number of hydrogen-bond donors (Lipinski definition) is 0. The van der Waals surface area contributed by atoms with Crippen molar-refractivity contribution in [2.75, 3.05) is 19.7 Å². The van der Waals surface area contributed by atoms with Gasteiger partial charge in [-0.25, -0.2) is 4.68 Å². The van der Waals surface area contributed by atoms with Crippen LogP contribution in [0.1, 0.15) is 43.8 Å². The number of carbonyl (C=O) groups excluding carboxylic acids is 1. The standard InChI is InChI=1S/C18H23N5O2/c24-17(18(9-5-2-6-10-18)23-14-19-20-21-23)22-11-12-25-16(13-22)15-7-3-1-4-8-15/h1,3-4,7-8,14,16H,2,5-6,9-13H2. The van der Waals surface area contributed by atoms with Gasteiger partial charge in [0.25, 0.3) is 5.91 Å². The van der Waals surface area contributed by atoms with Crippen molar-refractivity contribution in [2.45, 2.75) is 43.7 Å². The molecule has 4 rings (SSSR count). The van der Waals surface area contributed by atoms with Gasteiger partial charge >= 0.3 is 0 Å². The molecule has 7 nitrogen and oxygen atoms in total. The minimum atomic E-state index is -0.639. The monoisotopic (exact) mass is 341 g/mol. The number of tetrazole rings is 1. The van der Waals surface area contributed by atoms with Gasteiger partial charge in [0.15, 0.2) is 0 Å². The maximum atomic E-state index is 13.5. The molecule has 1 aliphatic heterocycles. The molecule has 2 heterocycles. The first-order valence-corrected chi connectivity index (χ1v) is 8.99. The topological polar surface area (TPSA) is 73.1 Å². The lowest BCUT2D eigenvalue weighted by atomic mass is 9.80. The first-order valence-electron chi connectivity index (χ1n) is 8.99. The second kappa shape index (κ2) is 6.92. The van der Waals surface area contributed by atoms with E-state index in [0.717, 1.165) is 37.7 Å². The minimum Gasteiger partial charge on any atom is -0.370 e. The van der Waals surface area contributed by atoms with E-state index in [1.54, 1.807) is 11.0 Å². The van der Waals surface area contributed by atoms with Gasteiger partial charge in [-0.3, -0.25) is 4.79 Å². The molecule has 2 aromatic rings. The van der Waals surface area contributed by atoms with E-state index in [1.165, 1.54) is 0 Å². The van der Waals surface area contributed by atoms with Crippen molar-refractivity contribution in [3.05, 3.63) is 42.2 Å². The average molecular weight is 341 g/mol. The van der Waals surface area contributed by atoms with Gasteiger partial charge in [-0.15, -0.1) is 5.10 Å². The van der Waals surface area contributed by atoms with Crippen LogP contribution in [-0.2, 0) is 15.1 Å². The molecule has 1 aromatic carbocycles. The molecule has 2 fully saturated rings. The minimum absolute atomic E-state index is 0.0755. The van der Waals surface area contributed by atoms with Crippen LogP contribution >= 0.6 is 0 Å². The van der Waals surface area contributed by atoms with Gasteiger partial charge in [-0.2, -0.15) is 0 Å². The number of ether oxygens (including phenoxy) is 1. The molecule has 25 heavy (non-hydrogen) atoms. The molecule has 0 bridgehead atoms. The molecule has 1 atom stereocenters. The molecule has 1 saturated carbocycles. The number of morpholine rings is 1. The van der Waals surface area contributed by atoms with E-state index in [0.29, 0.717) is 19.7 Å². The summed E-state index contributed by atoms with van der Waals surface area (Å²) >= 11 is 0. The highest BCUT2D eigenvalue weighted by Gasteiger charge is 2.46. The lowest BCUT2D eigenvalue weighted by molar-refractivity contribution is -0.151. The third kappa shape index (κ3) is 3.04. The number of rotatable bonds is 3. The number of hydrogen-bond acceptors (Lipinski definition) is 5. The van der Waals surface area contributed by atoms with Crippen LogP contribution in [-0.4, -0.2) is 50.7 Å². The highest BCUT2D eigenvalue weighted by atomic mass is 16.5. The van der Waals surface area contributed by atoms with Gasteiger partial charge in [-0.1, -0.05) is 49.6 Å². The van der Waals surface area contributed by atoms with Crippen LogP contribution in [0.25, 0.3) is 0 Å². The first kappa shape index (κ1) is 16.2.